The molecule has 0 aliphatic rings. The van der Waals surface area contributed by atoms with Gasteiger partial charge in [-0.3, -0.25) is 0 Å². The molecule has 3 rings (SSSR count). The normalized spacial score (nSPS) is 10.3. The van der Waals surface area contributed by atoms with Gasteiger partial charge >= 0.3 is 0 Å². The summed E-state index contributed by atoms with van der Waals surface area (Å²) in [5.41, 5.74) is 3.78. The molecule has 0 bridgehead atoms. The number of rotatable bonds is 4. The van der Waals surface area contributed by atoms with Gasteiger partial charge < -0.3 is 17.0 Å². The van der Waals surface area contributed by atoms with E-state index in [-0.39, 0.29) is 17.0 Å². The molecule has 0 N–H and O–H groups in total. The second kappa shape index (κ2) is 7.05. The van der Waals surface area contributed by atoms with E-state index in [0.29, 0.717) is 0 Å². The molecule has 108 valence electrons. The number of hydrogen-bond donors (Lipinski definition) is 0. The van der Waals surface area contributed by atoms with Crippen LogP contribution in [0, 0.1) is 0 Å². The van der Waals surface area contributed by atoms with Gasteiger partial charge in [0.25, 0.3) is 0 Å². The monoisotopic (exact) mass is 406 g/mol. The number of imidazole rings is 1. The number of allylic oxidation sites excluding steroid dienone is 1. The molecular weight excluding hydrogens is 392 g/mol. The third kappa shape index (κ3) is 3.44. The molecule has 2 aromatic carbocycles. The molecule has 0 unspecified atom stereocenters. The van der Waals surface area contributed by atoms with Gasteiger partial charge in [-0.2, -0.15) is 0 Å². The Bertz CT molecular complexity index is 745. The highest BCUT2D eigenvalue weighted by molar-refractivity contribution is 9.10. The second-order valence-electron chi connectivity index (χ2n) is 4.80. The highest BCUT2D eigenvalue weighted by Crippen LogP contribution is 2.13. The van der Waals surface area contributed by atoms with Crippen LogP contribution in [0.1, 0.15) is 5.56 Å². The molecule has 2 nitrogen and oxygen atoms in total. The predicted molar refractivity (Wildman–Crippen MR) is 85.6 cm³/mol. The maximum absolute atomic E-state index is 3.83. The first-order chi connectivity index (χ1) is 9.78. The van der Waals surface area contributed by atoms with Crippen LogP contribution in [0.3, 0.4) is 0 Å². The van der Waals surface area contributed by atoms with E-state index in [1.807, 2.05) is 6.08 Å². The summed E-state index contributed by atoms with van der Waals surface area (Å²) in [5.74, 6) is 0. The topological polar surface area (TPSA) is 8.81 Å². The van der Waals surface area contributed by atoms with Gasteiger partial charge in [0.2, 0.25) is 6.33 Å². The van der Waals surface area contributed by atoms with Gasteiger partial charge in [-0.15, -0.1) is 0 Å². The van der Waals surface area contributed by atoms with E-state index < -0.39 is 0 Å². The maximum Gasteiger partial charge on any atom is 0.245 e. The Morgan fingerprint density at radius 1 is 1.10 bits per heavy atom. The van der Waals surface area contributed by atoms with Crippen LogP contribution in [-0.4, -0.2) is 4.57 Å². The third-order valence-corrected chi connectivity index (χ3v) is 3.90. The summed E-state index contributed by atoms with van der Waals surface area (Å²) < 4.78 is 5.61. The Hall–Kier alpha value is -1.39. The summed E-state index contributed by atoms with van der Waals surface area (Å²) in [4.78, 5) is 0. The summed E-state index contributed by atoms with van der Waals surface area (Å²) in [5, 5.41) is 0. The standard InChI is InChI=1S/C17H16BrN2.BrH/c1-2-11-19-13-20(17-6-4-3-5-16(17)19)12-14-7-9-15(18)10-8-14;/h2-10,13H,1,11-12H2;1H/q+1;/p-1. The lowest BCUT2D eigenvalue weighted by Gasteiger charge is -1.99. The number of aromatic nitrogens is 2. The quantitative estimate of drug-likeness (QED) is 0.449. The summed E-state index contributed by atoms with van der Waals surface area (Å²) in [6.45, 7) is 5.53. The number of halogens is 2. The molecule has 0 aliphatic carbocycles. The molecule has 21 heavy (non-hydrogen) atoms. The zero-order chi connectivity index (χ0) is 13.9. The van der Waals surface area contributed by atoms with Gasteiger partial charge in [0.05, 0.1) is 0 Å². The Labute approximate surface area is 143 Å². The van der Waals surface area contributed by atoms with Crippen LogP contribution < -0.4 is 21.5 Å². The number of benzene rings is 2. The first-order valence-electron chi connectivity index (χ1n) is 6.60. The molecule has 0 fully saturated rings. The lowest BCUT2D eigenvalue weighted by Crippen LogP contribution is -3.00. The molecule has 1 heterocycles. The minimum atomic E-state index is 0. The van der Waals surface area contributed by atoms with E-state index >= 15 is 0 Å². The Morgan fingerprint density at radius 3 is 2.52 bits per heavy atom. The average molecular weight is 408 g/mol. The van der Waals surface area contributed by atoms with Crippen molar-refractivity contribution >= 4 is 27.0 Å². The fraction of sp³-hybridized carbons (Fsp3) is 0.118. The van der Waals surface area contributed by atoms with Crippen LogP contribution in [0.25, 0.3) is 11.0 Å². The van der Waals surface area contributed by atoms with E-state index in [0.717, 1.165) is 17.6 Å². The predicted octanol–water partition coefficient (Wildman–Crippen LogP) is 0.930. The Morgan fingerprint density at radius 2 is 1.81 bits per heavy atom. The van der Waals surface area contributed by atoms with Crippen molar-refractivity contribution in [2.24, 2.45) is 0 Å². The van der Waals surface area contributed by atoms with Crippen LogP contribution in [0.4, 0.5) is 0 Å². The van der Waals surface area contributed by atoms with Crippen LogP contribution in [0.5, 0.6) is 0 Å². The van der Waals surface area contributed by atoms with E-state index in [4.69, 9.17) is 0 Å². The fourth-order valence-corrected chi connectivity index (χ4v) is 2.70. The van der Waals surface area contributed by atoms with Crippen molar-refractivity contribution in [1.82, 2.24) is 4.57 Å². The van der Waals surface area contributed by atoms with Gasteiger partial charge in [0, 0.05) is 4.47 Å². The largest absolute Gasteiger partial charge is 1.00 e. The zero-order valence-electron chi connectivity index (χ0n) is 11.5. The van der Waals surface area contributed by atoms with Crippen molar-refractivity contribution in [3.05, 3.63) is 77.5 Å². The Balaban J connectivity index is 0.00000161. The molecular formula is C17H16Br2N2. The number of para-hydroxylation sites is 2. The van der Waals surface area contributed by atoms with Crippen molar-refractivity contribution in [2.75, 3.05) is 0 Å². The minimum Gasteiger partial charge on any atom is -1.00 e. The van der Waals surface area contributed by atoms with Crippen LogP contribution in [0.15, 0.2) is 72.0 Å². The van der Waals surface area contributed by atoms with Gasteiger partial charge in [0.15, 0.2) is 11.0 Å². The highest BCUT2D eigenvalue weighted by Gasteiger charge is 2.14. The number of nitrogens with zero attached hydrogens (tertiary/aromatic N) is 2. The van der Waals surface area contributed by atoms with Crippen LogP contribution in [0.2, 0.25) is 0 Å². The molecule has 0 atom stereocenters. The van der Waals surface area contributed by atoms with Gasteiger partial charge in [-0.05, 0) is 29.8 Å². The third-order valence-electron chi connectivity index (χ3n) is 3.37. The second-order valence-corrected chi connectivity index (χ2v) is 5.72. The van der Waals surface area contributed by atoms with E-state index in [2.05, 4.69) is 86.5 Å². The number of fused-ring (bicyclic) bond motifs is 1. The van der Waals surface area contributed by atoms with Crippen LogP contribution >= 0.6 is 15.9 Å². The molecule has 0 amide bonds. The molecule has 3 aromatic rings. The molecule has 0 saturated carbocycles. The summed E-state index contributed by atoms with van der Waals surface area (Å²) in [6, 6.07) is 16.9. The fourth-order valence-electron chi connectivity index (χ4n) is 2.44. The molecule has 0 aliphatic heterocycles. The van der Waals surface area contributed by atoms with E-state index in [1.165, 1.54) is 16.6 Å². The highest BCUT2D eigenvalue weighted by atomic mass is 79.9. The maximum atomic E-state index is 3.83. The Kier molecular flexibility index (Phi) is 5.37. The zero-order valence-corrected chi connectivity index (χ0v) is 14.7. The molecule has 0 saturated heterocycles. The van der Waals surface area contributed by atoms with E-state index in [9.17, 15) is 0 Å². The number of hydrogen-bond acceptors (Lipinski definition) is 0. The summed E-state index contributed by atoms with van der Waals surface area (Å²) >= 11 is 3.47. The molecule has 0 radical (unpaired) electrons. The van der Waals surface area contributed by atoms with E-state index in [1.54, 1.807) is 0 Å². The SMILES string of the molecule is C=CCn1c[n+](Cc2ccc(Br)cc2)c2ccccc21.[Br-]. The van der Waals surface area contributed by atoms with Gasteiger partial charge in [-0.25, -0.2) is 9.13 Å². The molecule has 0 spiro atoms. The first kappa shape index (κ1) is 16.0. The van der Waals surface area contributed by atoms with Gasteiger partial charge in [-0.1, -0.05) is 52.9 Å². The minimum absolute atomic E-state index is 0. The van der Waals surface area contributed by atoms with Crippen molar-refractivity contribution in [1.29, 1.82) is 0 Å². The smallest absolute Gasteiger partial charge is 0.245 e. The lowest BCUT2D eigenvalue weighted by molar-refractivity contribution is -0.663. The van der Waals surface area contributed by atoms with Crippen molar-refractivity contribution in [3.63, 3.8) is 0 Å². The average Bonchev–Trinajstić information content (AvgIpc) is 2.81. The molecule has 4 heteroatoms. The van der Waals surface area contributed by atoms with Crippen molar-refractivity contribution in [2.45, 2.75) is 13.1 Å². The summed E-state index contributed by atoms with van der Waals surface area (Å²) in [6.07, 6.45) is 4.09. The van der Waals surface area contributed by atoms with Crippen molar-refractivity contribution < 1.29 is 21.5 Å². The van der Waals surface area contributed by atoms with Crippen LogP contribution in [-0.2, 0) is 13.1 Å². The summed E-state index contributed by atoms with van der Waals surface area (Å²) in [7, 11) is 0. The first-order valence-corrected chi connectivity index (χ1v) is 7.40. The lowest BCUT2D eigenvalue weighted by atomic mass is 10.2. The van der Waals surface area contributed by atoms with Crippen molar-refractivity contribution in [3.8, 4) is 0 Å². The molecule has 1 aromatic heterocycles. The van der Waals surface area contributed by atoms with Gasteiger partial charge in [0.1, 0.15) is 13.1 Å².